The van der Waals surface area contributed by atoms with Crippen LogP contribution in [0.3, 0.4) is 0 Å². The zero-order chi connectivity index (χ0) is 9.97. The molecule has 5 heteroatoms. The van der Waals surface area contributed by atoms with Crippen molar-refractivity contribution in [2.75, 3.05) is 11.4 Å². The summed E-state index contributed by atoms with van der Waals surface area (Å²) in [7, 11) is 0. The third-order valence-electron chi connectivity index (χ3n) is 2.74. The highest BCUT2D eigenvalue weighted by atomic mass is 79.9. The minimum absolute atomic E-state index is 0.694. The van der Waals surface area contributed by atoms with Gasteiger partial charge in [-0.05, 0) is 35.7 Å². The molecule has 0 spiro atoms. The fourth-order valence-corrected chi connectivity index (χ4v) is 3.30. The van der Waals surface area contributed by atoms with Crippen molar-refractivity contribution < 1.29 is 0 Å². The lowest BCUT2D eigenvalue weighted by atomic mass is 10.2. The van der Waals surface area contributed by atoms with Gasteiger partial charge >= 0.3 is 0 Å². The van der Waals surface area contributed by atoms with Crippen LogP contribution < -0.4 is 4.90 Å². The largest absolute Gasteiger partial charge is 0.344 e. The summed E-state index contributed by atoms with van der Waals surface area (Å²) >= 11 is 4.98. The summed E-state index contributed by atoms with van der Waals surface area (Å²) in [4.78, 5) is 2.38. The van der Waals surface area contributed by atoms with E-state index in [4.69, 9.17) is 0 Å². The first-order valence-corrected chi connectivity index (χ1v) is 6.68. The summed E-state index contributed by atoms with van der Waals surface area (Å²) in [6.07, 6.45) is 5.35. The molecule has 0 saturated heterocycles. The van der Waals surface area contributed by atoms with Gasteiger partial charge in [0.15, 0.2) is 3.92 Å². The van der Waals surface area contributed by atoms with Crippen LogP contribution in [-0.4, -0.2) is 22.8 Å². The third-order valence-corrected chi connectivity index (χ3v) is 4.13. The van der Waals surface area contributed by atoms with E-state index in [9.17, 15) is 0 Å². The monoisotopic (exact) mass is 275 g/mol. The van der Waals surface area contributed by atoms with Gasteiger partial charge in [0.05, 0.1) is 0 Å². The Morgan fingerprint density at radius 3 is 2.64 bits per heavy atom. The van der Waals surface area contributed by atoms with Gasteiger partial charge in [0, 0.05) is 12.6 Å². The maximum Gasteiger partial charge on any atom is 0.209 e. The van der Waals surface area contributed by atoms with Crippen LogP contribution in [0.5, 0.6) is 0 Å². The predicted molar refractivity (Wildman–Crippen MR) is 62.9 cm³/mol. The van der Waals surface area contributed by atoms with Crippen LogP contribution in [0.2, 0.25) is 0 Å². The molecule has 0 radical (unpaired) electrons. The second-order valence-corrected chi connectivity index (χ2v) is 5.79. The van der Waals surface area contributed by atoms with Crippen LogP contribution in [-0.2, 0) is 0 Å². The molecule has 2 rings (SSSR count). The van der Waals surface area contributed by atoms with Gasteiger partial charge in [-0.2, -0.15) is 0 Å². The Morgan fingerprint density at radius 2 is 2.14 bits per heavy atom. The highest BCUT2D eigenvalue weighted by Gasteiger charge is 2.23. The molecule has 0 aliphatic heterocycles. The molecule has 0 unspecified atom stereocenters. The molecule has 78 valence electrons. The summed E-state index contributed by atoms with van der Waals surface area (Å²) < 4.78 is 0.879. The van der Waals surface area contributed by atoms with E-state index in [-0.39, 0.29) is 0 Å². The number of hydrogen-bond acceptors (Lipinski definition) is 4. The molecular formula is C9H14BrN3S. The van der Waals surface area contributed by atoms with Crippen molar-refractivity contribution >= 4 is 32.4 Å². The fourth-order valence-electron chi connectivity index (χ4n) is 2.08. The Morgan fingerprint density at radius 1 is 1.43 bits per heavy atom. The Kier molecular flexibility index (Phi) is 3.38. The van der Waals surface area contributed by atoms with E-state index in [1.807, 2.05) is 0 Å². The van der Waals surface area contributed by atoms with Gasteiger partial charge < -0.3 is 4.90 Å². The summed E-state index contributed by atoms with van der Waals surface area (Å²) in [5, 5.41) is 9.24. The molecule has 1 aromatic heterocycles. The first-order chi connectivity index (χ1) is 6.81. The van der Waals surface area contributed by atoms with Crippen LogP contribution >= 0.6 is 27.3 Å². The van der Waals surface area contributed by atoms with E-state index in [0.717, 1.165) is 15.6 Å². The molecule has 3 nitrogen and oxygen atoms in total. The molecule has 0 atom stereocenters. The number of anilines is 1. The number of nitrogens with zero attached hydrogens (tertiary/aromatic N) is 3. The molecule has 1 saturated carbocycles. The SMILES string of the molecule is CCN(c1nnc(Br)s1)C1CCCC1. The maximum absolute atomic E-state index is 4.18. The lowest BCUT2D eigenvalue weighted by molar-refractivity contribution is 0.616. The van der Waals surface area contributed by atoms with Gasteiger partial charge in [-0.15, -0.1) is 10.2 Å². The lowest BCUT2D eigenvalue weighted by Gasteiger charge is -2.26. The van der Waals surface area contributed by atoms with Crippen molar-refractivity contribution in [1.82, 2.24) is 10.2 Å². The smallest absolute Gasteiger partial charge is 0.209 e. The number of rotatable bonds is 3. The van der Waals surface area contributed by atoms with Gasteiger partial charge in [0.25, 0.3) is 0 Å². The zero-order valence-electron chi connectivity index (χ0n) is 8.24. The minimum Gasteiger partial charge on any atom is -0.344 e. The Bertz CT molecular complexity index is 296. The molecular weight excluding hydrogens is 262 g/mol. The first-order valence-electron chi connectivity index (χ1n) is 5.07. The van der Waals surface area contributed by atoms with Crippen molar-refractivity contribution in [2.24, 2.45) is 0 Å². The quantitative estimate of drug-likeness (QED) is 0.849. The topological polar surface area (TPSA) is 29.0 Å². The third kappa shape index (κ3) is 2.08. The van der Waals surface area contributed by atoms with Crippen molar-refractivity contribution in [3.05, 3.63) is 3.92 Å². The van der Waals surface area contributed by atoms with E-state index < -0.39 is 0 Å². The molecule has 0 amide bonds. The summed E-state index contributed by atoms with van der Waals surface area (Å²) in [6.45, 7) is 3.22. The second kappa shape index (κ2) is 4.57. The Hall–Kier alpha value is -0.160. The minimum atomic E-state index is 0.694. The van der Waals surface area contributed by atoms with Crippen LogP contribution in [0.25, 0.3) is 0 Å². The average Bonchev–Trinajstić information content (AvgIpc) is 2.79. The number of halogens is 1. The predicted octanol–water partition coefficient (Wildman–Crippen LogP) is 3.07. The molecule has 1 aromatic rings. The standard InChI is InChI=1S/C9H14BrN3S/c1-2-13(7-5-3-4-6-7)9-12-11-8(10)14-9/h7H,2-6H2,1H3. The molecule has 14 heavy (non-hydrogen) atoms. The highest BCUT2D eigenvalue weighted by Crippen LogP contribution is 2.31. The van der Waals surface area contributed by atoms with Crippen molar-refractivity contribution in [3.8, 4) is 0 Å². The van der Waals surface area contributed by atoms with Gasteiger partial charge in [-0.1, -0.05) is 24.2 Å². The van der Waals surface area contributed by atoms with Crippen LogP contribution in [0, 0.1) is 0 Å². The molecule has 0 bridgehead atoms. The molecule has 0 N–H and O–H groups in total. The molecule has 1 aliphatic rings. The average molecular weight is 276 g/mol. The lowest BCUT2D eigenvalue weighted by Crippen LogP contribution is -2.32. The Labute approximate surface area is 96.7 Å². The maximum atomic E-state index is 4.18. The van der Waals surface area contributed by atoms with E-state index in [1.54, 1.807) is 11.3 Å². The van der Waals surface area contributed by atoms with Crippen LogP contribution in [0.1, 0.15) is 32.6 Å². The van der Waals surface area contributed by atoms with E-state index in [0.29, 0.717) is 6.04 Å². The fraction of sp³-hybridized carbons (Fsp3) is 0.778. The van der Waals surface area contributed by atoms with Gasteiger partial charge in [0.2, 0.25) is 5.13 Å². The highest BCUT2D eigenvalue weighted by molar-refractivity contribution is 9.11. The van der Waals surface area contributed by atoms with E-state index in [1.165, 1.54) is 25.7 Å². The molecule has 0 aromatic carbocycles. The number of hydrogen-bond donors (Lipinski definition) is 0. The van der Waals surface area contributed by atoms with Gasteiger partial charge in [-0.25, -0.2) is 0 Å². The molecule has 1 fully saturated rings. The summed E-state index contributed by atoms with van der Waals surface area (Å²) in [6, 6.07) is 0.694. The Balaban J connectivity index is 2.12. The molecule has 1 heterocycles. The second-order valence-electron chi connectivity index (χ2n) is 3.56. The normalized spacial score (nSPS) is 17.6. The molecule has 1 aliphatic carbocycles. The van der Waals surface area contributed by atoms with Crippen LogP contribution in [0.15, 0.2) is 3.92 Å². The van der Waals surface area contributed by atoms with E-state index >= 15 is 0 Å². The van der Waals surface area contributed by atoms with E-state index in [2.05, 4.69) is 38.0 Å². The number of aromatic nitrogens is 2. The summed E-state index contributed by atoms with van der Waals surface area (Å²) in [5.41, 5.74) is 0. The van der Waals surface area contributed by atoms with Crippen molar-refractivity contribution in [1.29, 1.82) is 0 Å². The van der Waals surface area contributed by atoms with Crippen molar-refractivity contribution in [3.63, 3.8) is 0 Å². The van der Waals surface area contributed by atoms with Crippen molar-refractivity contribution in [2.45, 2.75) is 38.6 Å². The zero-order valence-corrected chi connectivity index (χ0v) is 10.6. The van der Waals surface area contributed by atoms with Crippen LogP contribution in [0.4, 0.5) is 5.13 Å². The first kappa shape index (κ1) is 10.4. The van der Waals surface area contributed by atoms with Gasteiger partial charge in [-0.3, -0.25) is 0 Å². The summed E-state index contributed by atoms with van der Waals surface area (Å²) in [5.74, 6) is 0. The van der Waals surface area contributed by atoms with Gasteiger partial charge in [0.1, 0.15) is 0 Å².